The van der Waals surface area contributed by atoms with Crippen LogP contribution in [-0.4, -0.2) is 36.2 Å². The number of hydrogen-bond donors (Lipinski definition) is 1. The summed E-state index contributed by atoms with van der Waals surface area (Å²) in [5, 5.41) is 4.19. The van der Waals surface area contributed by atoms with Crippen LogP contribution in [0, 0.1) is 0 Å². The van der Waals surface area contributed by atoms with Gasteiger partial charge in [0.25, 0.3) is 0 Å². The highest BCUT2D eigenvalue weighted by molar-refractivity contribution is 7.99. The number of halogens is 1. The van der Waals surface area contributed by atoms with Crippen molar-refractivity contribution in [2.75, 3.05) is 25.4 Å². The van der Waals surface area contributed by atoms with E-state index in [1.54, 1.807) is 0 Å². The van der Waals surface area contributed by atoms with E-state index < -0.39 is 0 Å². The van der Waals surface area contributed by atoms with Gasteiger partial charge in [-0.05, 0) is 48.8 Å². The van der Waals surface area contributed by atoms with E-state index in [4.69, 9.17) is 11.6 Å². The molecule has 1 aromatic rings. The number of rotatable bonds is 3. The molecule has 0 aromatic heterocycles. The summed E-state index contributed by atoms with van der Waals surface area (Å²) in [4.78, 5) is 15.3. The van der Waals surface area contributed by atoms with Gasteiger partial charge in [-0.1, -0.05) is 11.6 Å². The number of amides is 1. The van der Waals surface area contributed by atoms with Crippen molar-refractivity contribution < 1.29 is 4.79 Å². The van der Waals surface area contributed by atoms with Gasteiger partial charge in [-0.3, -0.25) is 4.79 Å². The number of carbonyl (C=O) groups excluding carboxylic acids is 1. The number of fused-ring (bicyclic) bond motifs is 1. The van der Waals surface area contributed by atoms with Crippen LogP contribution in [-0.2, 0) is 4.79 Å². The predicted molar refractivity (Wildman–Crippen MR) is 83.4 cm³/mol. The zero-order chi connectivity index (χ0) is 13.9. The maximum Gasteiger partial charge on any atom is 0.236 e. The highest BCUT2D eigenvalue weighted by Gasteiger charge is 2.23. The van der Waals surface area contributed by atoms with Crippen molar-refractivity contribution >= 4 is 29.3 Å². The van der Waals surface area contributed by atoms with Gasteiger partial charge in [0.15, 0.2) is 0 Å². The first kappa shape index (κ1) is 14.2. The van der Waals surface area contributed by atoms with Gasteiger partial charge < -0.3 is 10.2 Å². The molecule has 108 valence electrons. The number of carbonyl (C=O) groups is 1. The SMILES string of the molecule is O=C(CNC1CCSc2ccc(Cl)cc21)N1CCCC1. The molecule has 1 fully saturated rings. The smallest absolute Gasteiger partial charge is 0.236 e. The van der Waals surface area contributed by atoms with Crippen LogP contribution in [0.5, 0.6) is 0 Å². The molecular weight excluding hydrogens is 292 g/mol. The van der Waals surface area contributed by atoms with Gasteiger partial charge in [-0.25, -0.2) is 0 Å². The molecule has 5 heteroatoms. The molecule has 1 aromatic carbocycles. The Kier molecular flexibility index (Phi) is 4.54. The van der Waals surface area contributed by atoms with Gasteiger partial charge in [-0.2, -0.15) is 0 Å². The Morgan fingerprint density at radius 2 is 2.20 bits per heavy atom. The molecule has 0 spiro atoms. The lowest BCUT2D eigenvalue weighted by molar-refractivity contribution is -0.129. The quantitative estimate of drug-likeness (QED) is 0.931. The number of nitrogens with zero attached hydrogens (tertiary/aromatic N) is 1. The summed E-state index contributed by atoms with van der Waals surface area (Å²) >= 11 is 7.96. The summed E-state index contributed by atoms with van der Waals surface area (Å²) in [7, 11) is 0. The van der Waals surface area contributed by atoms with E-state index in [9.17, 15) is 4.79 Å². The molecule has 0 aliphatic carbocycles. The minimum absolute atomic E-state index is 0.226. The van der Waals surface area contributed by atoms with Crippen molar-refractivity contribution in [2.45, 2.75) is 30.2 Å². The van der Waals surface area contributed by atoms with Crippen LogP contribution in [0.25, 0.3) is 0 Å². The van der Waals surface area contributed by atoms with E-state index in [2.05, 4.69) is 11.4 Å². The second-order valence-corrected chi connectivity index (χ2v) is 6.91. The Hall–Kier alpha value is -0.710. The molecule has 1 unspecified atom stereocenters. The van der Waals surface area contributed by atoms with Crippen LogP contribution >= 0.6 is 23.4 Å². The summed E-state index contributed by atoms with van der Waals surface area (Å²) < 4.78 is 0. The second-order valence-electron chi connectivity index (χ2n) is 5.34. The van der Waals surface area contributed by atoms with Crippen LogP contribution in [0.2, 0.25) is 5.02 Å². The molecule has 1 saturated heterocycles. The second kappa shape index (κ2) is 6.37. The van der Waals surface area contributed by atoms with Crippen molar-refractivity contribution in [1.29, 1.82) is 0 Å². The molecule has 2 aliphatic rings. The van der Waals surface area contributed by atoms with Crippen LogP contribution in [0.4, 0.5) is 0 Å². The third-order valence-electron chi connectivity index (χ3n) is 3.97. The standard InChI is InChI=1S/C15H19ClN2OS/c16-11-3-4-14-12(9-11)13(5-8-20-14)17-10-15(19)18-6-1-2-7-18/h3-4,9,13,17H,1-2,5-8,10H2. The minimum Gasteiger partial charge on any atom is -0.342 e. The average molecular weight is 311 g/mol. The van der Waals surface area contributed by atoms with Gasteiger partial charge in [0.1, 0.15) is 0 Å². The molecule has 2 heterocycles. The normalized spacial score (nSPS) is 21.9. The van der Waals surface area contributed by atoms with Crippen LogP contribution < -0.4 is 5.32 Å². The van der Waals surface area contributed by atoms with E-state index in [-0.39, 0.29) is 11.9 Å². The molecule has 2 aliphatic heterocycles. The zero-order valence-electron chi connectivity index (χ0n) is 11.4. The summed E-state index contributed by atoms with van der Waals surface area (Å²) in [6.45, 7) is 2.27. The molecular formula is C15H19ClN2OS. The first-order valence-corrected chi connectivity index (χ1v) is 8.54. The molecule has 0 bridgehead atoms. The van der Waals surface area contributed by atoms with Gasteiger partial charge in [0.05, 0.1) is 6.54 Å². The zero-order valence-corrected chi connectivity index (χ0v) is 13.0. The Labute approximate surface area is 129 Å². The fourth-order valence-corrected chi connectivity index (χ4v) is 4.15. The average Bonchev–Trinajstić information content (AvgIpc) is 2.99. The fraction of sp³-hybridized carbons (Fsp3) is 0.533. The summed E-state index contributed by atoms with van der Waals surface area (Å²) in [5.74, 6) is 1.31. The lowest BCUT2D eigenvalue weighted by atomic mass is 10.0. The maximum atomic E-state index is 12.1. The van der Waals surface area contributed by atoms with Crippen molar-refractivity contribution in [3.63, 3.8) is 0 Å². The number of likely N-dealkylation sites (tertiary alicyclic amines) is 1. The largest absolute Gasteiger partial charge is 0.342 e. The monoisotopic (exact) mass is 310 g/mol. The predicted octanol–water partition coefficient (Wildman–Crippen LogP) is 3.09. The maximum absolute atomic E-state index is 12.1. The van der Waals surface area contributed by atoms with E-state index in [0.29, 0.717) is 6.54 Å². The molecule has 0 saturated carbocycles. The highest BCUT2D eigenvalue weighted by atomic mass is 35.5. The molecule has 1 amide bonds. The Morgan fingerprint density at radius 1 is 1.40 bits per heavy atom. The Balaban J connectivity index is 1.64. The molecule has 1 atom stereocenters. The third kappa shape index (κ3) is 3.13. The number of benzene rings is 1. The van der Waals surface area contributed by atoms with Crippen LogP contribution in [0.15, 0.2) is 23.1 Å². The Bertz CT molecular complexity index is 503. The first-order valence-electron chi connectivity index (χ1n) is 7.17. The van der Waals surface area contributed by atoms with Crippen molar-refractivity contribution in [2.24, 2.45) is 0 Å². The van der Waals surface area contributed by atoms with Crippen LogP contribution in [0.3, 0.4) is 0 Å². The Morgan fingerprint density at radius 3 is 3.00 bits per heavy atom. The van der Waals surface area contributed by atoms with E-state index in [1.165, 1.54) is 10.5 Å². The van der Waals surface area contributed by atoms with Gasteiger partial charge in [0, 0.05) is 29.0 Å². The van der Waals surface area contributed by atoms with Crippen molar-refractivity contribution in [1.82, 2.24) is 10.2 Å². The van der Waals surface area contributed by atoms with Crippen molar-refractivity contribution in [3.8, 4) is 0 Å². The van der Waals surface area contributed by atoms with Gasteiger partial charge >= 0.3 is 0 Å². The number of nitrogens with one attached hydrogen (secondary N) is 1. The van der Waals surface area contributed by atoms with E-state index in [1.807, 2.05) is 28.8 Å². The molecule has 1 N–H and O–H groups in total. The lowest BCUT2D eigenvalue weighted by Gasteiger charge is -2.27. The minimum atomic E-state index is 0.226. The van der Waals surface area contributed by atoms with Crippen molar-refractivity contribution in [3.05, 3.63) is 28.8 Å². The summed E-state index contributed by atoms with van der Waals surface area (Å²) in [6, 6.07) is 6.29. The molecule has 3 rings (SSSR count). The molecule has 0 radical (unpaired) electrons. The third-order valence-corrected chi connectivity index (χ3v) is 5.33. The topological polar surface area (TPSA) is 32.3 Å². The molecule has 3 nitrogen and oxygen atoms in total. The fourth-order valence-electron chi connectivity index (χ4n) is 2.87. The van der Waals surface area contributed by atoms with Gasteiger partial charge in [0.2, 0.25) is 5.91 Å². The first-order chi connectivity index (χ1) is 9.74. The van der Waals surface area contributed by atoms with Crippen LogP contribution in [0.1, 0.15) is 30.9 Å². The van der Waals surface area contributed by atoms with E-state index in [0.717, 1.165) is 43.1 Å². The highest BCUT2D eigenvalue weighted by Crippen LogP contribution is 2.37. The lowest BCUT2D eigenvalue weighted by Crippen LogP contribution is -2.38. The number of hydrogen-bond acceptors (Lipinski definition) is 3. The molecule has 20 heavy (non-hydrogen) atoms. The summed E-state index contributed by atoms with van der Waals surface area (Å²) in [5.41, 5.74) is 1.24. The summed E-state index contributed by atoms with van der Waals surface area (Å²) in [6.07, 6.45) is 3.33. The van der Waals surface area contributed by atoms with E-state index >= 15 is 0 Å². The number of thioether (sulfide) groups is 1. The van der Waals surface area contributed by atoms with Gasteiger partial charge in [-0.15, -0.1) is 11.8 Å².